The van der Waals surface area contributed by atoms with Crippen molar-refractivity contribution < 1.29 is 14.2 Å². The van der Waals surface area contributed by atoms with Crippen LogP contribution in [0.2, 0.25) is 0 Å². The number of rotatable bonds is 4. The Bertz CT molecular complexity index is 640. The fourth-order valence-corrected chi connectivity index (χ4v) is 4.69. The quantitative estimate of drug-likeness (QED) is 0.634. The second kappa shape index (κ2) is 9.25. The third-order valence-electron chi connectivity index (χ3n) is 6.41. The molecule has 154 valence electrons. The number of aliphatic imine (C=N–C) groups is 1. The zero-order valence-electron chi connectivity index (χ0n) is 16.9. The monoisotopic (exact) mass is 387 g/mol. The minimum absolute atomic E-state index is 0.0930. The smallest absolute Gasteiger partial charge is 0.193 e. The van der Waals surface area contributed by atoms with Gasteiger partial charge in [-0.2, -0.15) is 0 Å². The van der Waals surface area contributed by atoms with Crippen molar-refractivity contribution in [1.82, 2.24) is 10.2 Å². The Balaban J connectivity index is 1.42. The summed E-state index contributed by atoms with van der Waals surface area (Å²) in [6.45, 7) is 5.79. The molecule has 0 aliphatic carbocycles. The lowest BCUT2D eigenvalue weighted by Gasteiger charge is -2.41. The van der Waals surface area contributed by atoms with Crippen molar-refractivity contribution in [3.8, 4) is 0 Å². The standard InChI is InChI=1S/C22H33N3O3/c1-23-21(25-11-15-28-20(16-25)19-8-5-12-27-19)24-17-22(9-13-26-14-10-22)18-6-3-2-4-7-18/h2-4,6-7,19-20H,5,8-17H2,1H3,(H,23,24). The summed E-state index contributed by atoms with van der Waals surface area (Å²) in [5.74, 6) is 0.966. The minimum Gasteiger partial charge on any atom is -0.381 e. The van der Waals surface area contributed by atoms with E-state index < -0.39 is 0 Å². The molecule has 1 aromatic rings. The summed E-state index contributed by atoms with van der Waals surface area (Å²) in [6, 6.07) is 10.9. The third kappa shape index (κ3) is 4.34. The molecule has 3 aliphatic rings. The van der Waals surface area contributed by atoms with Gasteiger partial charge >= 0.3 is 0 Å². The van der Waals surface area contributed by atoms with Crippen molar-refractivity contribution in [2.45, 2.75) is 43.3 Å². The van der Waals surface area contributed by atoms with Crippen LogP contribution < -0.4 is 5.32 Å². The maximum Gasteiger partial charge on any atom is 0.193 e. The largest absolute Gasteiger partial charge is 0.381 e. The number of hydrogen-bond donors (Lipinski definition) is 1. The minimum atomic E-state index is 0.0930. The van der Waals surface area contributed by atoms with Crippen molar-refractivity contribution in [2.24, 2.45) is 4.99 Å². The van der Waals surface area contributed by atoms with Crippen LogP contribution in [0.15, 0.2) is 35.3 Å². The van der Waals surface area contributed by atoms with Gasteiger partial charge in [-0.15, -0.1) is 0 Å². The summed E-state index contributed by atoms with van der Waals surface area (Å²) < 4.78 is 17.5. The van der Waals surface area contributed by atoms with Gasteiger partial charge in [-0.25, -0.2) is 0 Å². The molecule has 2 atom stereocenters. The zero-order chi connectivity index (χ0) is 19.2. The molecule has 0 spiro atoms. The van der Waals surface area contributed by atoms with Gasteiger partial charge in [0, 0.05) is 51.9 Å². The van der Waals surface area contributed by atoms with Gasteiger partial charge in [0.25, 0.3) is 0 Å². The molecule has 3 aliphatic heterocycles. The normalized spacial score (nSPS) is 28.3. The fraction of sp³-hybridized carbons (Fsp3) is 0.682. The summed E-state index contributed by atoms with van der Waals surface area (Å²) in [5.41, 5.74) is 1.48. The first kappa shape index (κ1) is 19.7. The van der Waals surface area contributed by atoms with Crippen LogP contribution in [0, 0.1) is 0 Å². The van der Waals surface area contributed by atoms with Crippen LogP contribution in [0.4, 0.5) is 0 Å². The Morgan fingerprint density at radius 1 is 1.11 bits per heavy atom. The van der Waals surface area contributed by atoms with Gasteiger partial charge in [0.15, 0.2) is 5.96 Å². The number of hydrogen-bond acceptors (Lipinski definition) is 4. The molecule has 6 heteroatoms. The molecule has 0 radical (unpaired) electrons. The van der Waals surface area contributed by atoms with Crippen LogP contribution in [-0.4, -0.2) is 76.2 Å². The number of ether oxygens (including phenoxy) is 3. The molecule has 0 saturated carbocycles. The Kier molecular flexibility index (Phi) is 6.50. The van der Waals surface area contributed by atoms with Crippen molar-refractivity contribution in [2.75, 3.05) is 53.1 Å². The highest BCUT2D eigenvalue weighted by Crippen LogP contribution is 2.34. The fourth-order valence-electron chi connectivity index (χ4n) is 4.69. The molecule has 1 N–H and O–H groups in total. The van der Waals surface area contributed by atoms with Crippen LogP contribution in [0.5, 0.6) is 0 Å². The molecule has 28 heavy (non-hydrogen) atoms. The van der Waals surface area contributed by atoms with E-state index >= 15 is 0 Å². The molecule has 2 unspecified atom stereocenters. The molecule has 0 aromatic heterocycles. The van der Waals surface area contributed by atoms with Gasteiger partial charge in [-0.05, 0) is 31.2 Å². The predicted molar refractivity (Wildman–Crippen MR) is 110 cm³/mol. The summed E-state index contributed by atoms with van der Waals surface area (Å²) in [7, 11) is 1.87. The Morgan fingerprint density at radius 3 is 2.61 bits per heavy atom. The zero-order valence-corrected chi connectivity index (χ0v) is 16.9. The first-order valence-electron chi connectivity index (χ1n) is 10.6. The maximum absolute atomic E-state index is 6.00. The van der Waals surface area contributed by atoms with E-state index in [0.29, 0.717) is 0 Å². The molecule has 4 rings (SSSR count). The van der Waals surface area contributed by atoms with E-state index in [1.165, 1.54) is 5.56 Å². The molecular weight excluding hydrogens is 354 g/mol. The van der Waals surface area contributed by atoms with Crippen molar-refractivity contribution in [3.63, 3.8) is 0 Å². The van der Waals surface area contributed by atoms with E-state index in [1.54, 1.807) is 0 Å². The predicted octanol–water partition coefficient (Wildman–Crippen LogP) is 2.19. The number of guanidine groups is 1. The average molecular weight is 388 g/mol. The first-order chi connectivity index (χ1) is 13.8. The van der Waals surface area contributed by atoms with E-state index in [0.717, 1.165) is 77.7 Å². The van der Waals surface area contributed by atoms with Gasteiger partial charge in [0.05, 0.1) is 12.7 Å². The van der Waals surface area contributed by atoms with Gasteiger partial charge < -0.3 is 24.4 Å². The second-order valence-corrected chi connectivity index (χ2v) is 8.07. The van der Waals surface area contributed by atoms with E-state index in [2.05, 4.69) is 45.5 Å². The summed E-state index contributed by atoms with van der Waals surface area (Å²) in [5, 5.41) is 3.68. The SMILES string of the molecule is CN=C(NCC1(c2ccccc2)CCOCC1)N1CCOC(C2CCCO2)C1. The van der Waals surface area contributed by atoms with Gasteiger partial charge in [0.2, 0.25) is 0 Å². The van der Waals surface area contributed by atoms with Gasteiger partial charge in [-0.1, -0.05) is 30.3 Å². The molecule has 0 bridgehead atoms. The second-order valence-electron chi connectivity index (χ2n) is 8.07. The number of morpholine rings is 1. The molecule has 3 saturated heterocycles. The lowest BCUT2D eigenvalue weighted by molar-refractivity contribution is -0.0817. The van der Waals surface area contributed by atoms with E-state index in [-0.39, 0.29) is 17.6 Å². The van der Waals surface area contributed by atoms with Crippen LogP contribution in [0.1, 0.15) is 31.2 Å². The highest BCUT2D eigenvalue weighted by molar-refractivity contribution is 5.80. The lowest BCUT2D eigenvalue weighted by Crippen LogP contribution is -2.55. The van der Waals surface area contributed by atoms with E-state index in [9.17, 15) is 0 Å². The summed E-state index contributed by atoms with van der Waals surface area (Å²) >= 11 is 0. The molecular formula is C22H33N3O3. The number of benzene rings is 1. The van der Waals surface area contributed by atoms with Crippen molar-refractivity contribution in [1.29, 1.82) is 0 Å². The topological polar surface area (TPSA) is 55.3 Å². The van der Waals surface area contributed by atoms with Crippen LogP contribution in [0.3, 0.4) is 0 Å². The highest BCUT2D eigenvalue weighted by atomic mass is 16.5. The Labute approximate surface area is 168 Å². The summed E-state index contributed by atoms with van der Waals surface area (Å²) in [6.07, 6.45) is 4.67. The Hall–Kier alpha value is -1.63. The third-order valence-corrected chi connectivity index (χ3v) is 6.41. The number of nitrogens with zero attached hydrogens (tertiary/aromatic N) is 2. The average Bonchev–Trinajstić information content (AvgIpc) is 3.31. The number of nitrogens with one attached hydrogen (secondary N) is 1. The lowest BCUT2D eigenvalue weighted by atomic mass is 9.74. The van der Waals surface area contributed by atoms with Crippen LogP contribution in [0.25, 0.3) is 0 Å². The molecule has 3 fully saturated rings. The van der Waals surface area contributed by atoms with Crippen molar-refractivity contribution in [3.05, 3.63) is 35.9 Å². The maximum atomic E-state index is 6.00. The summed E-state index contributed by atoms with van der Waals surface area (Å²) in [4.78, 5) is 6.91. The highest BCUT2D eigenvalue weighted by Gasteiger charge is 2.36. The molecule has 0 amide bonds. The first-order valence-corrected chi connectivity index (χ1v) is 10.6. The van der Waals surface area contributed by atoms with E-state index in [1.807, 2.05) is 7.05 Å². The van der Waals surface area contributed by atoms with E-state index in [4.69, 9.17) is 14.2 Å². The molecule has 6 nitrogen and oxygen atoms in total. The van der Waals surface area contributed by atoms with Crippen LogP contribution in [-0.2, 0) is 19.6 Å². The molecule has 3 heterocycles. The van der Waals surface area contributed by atoms with Crippen LogP contribution >= 0.6 is 0 Å². The Morgan fingerprint density at radius 2 is 1.89 bits per heavy atom. The molecule has 1 aromatic carbocycles. The van der Waals surface area contributed by atoms with Crippen molar-refractivity contribution >= 4 is 5.96 Å². The van der Waals surface area contributed by atoms with Gasteiger partial charge in [-0.3, -0.25) is 4.99 Å². The van der Waals surface area contributed by atoms with Gasteiger partial charge in [0.1, 0.15) is 6.10 Å².